The summed E-state index contributed by atoms with van der Waals surface area (Å²) in [5, 5.41) is 12.1. The van der Waals surface area contributed by atoms with E-state index in [2.05, 4.69) is 20.3 Å². The van der Waals surface area contributed by atoms with Gasteiger partial charge in [-0.15, -0.1) is 5.10 Å². The smallest absolute Gasteiger partial charge is 0.383 e. The molecule has 3 aromatic heterocycles. The summed E-state index contributed by atoms with van der Waals surface area (Å²) in [5.41, 5.74) is 14.0. The molecule has 6 rings (SSSR count). The second kappa shape index (κ2) is 9.47. The van der Waals surface area contributed by atoms with E-state index in [1.54, 1.807) is 6.21 Å². The molecule has 3 aliphatic heterocycles. The molecule has 2 bridgehead atoms. The summed E-state index contributed by atoms with van der Waals surface area (Å²) in [6.45, 7) is 1.42. The van der Waals surface area contributed by atoms with Crippen molar-refractivity contribution in [2.45, 2.75) is 69.2 Å². The van der Waals surface area contributed by atoms with Gasteiger partial charge in [-0.2, -0.15) is 27.9 Å². The first-order chi connectivity index (χ1) is 19.0. The van der Waals surface area contributed by atoms with Crippen LogP contribution in [0, 0.1) is 0 Å². The number of fused-ring (bicyclic) bond motifs is 3. The van der Waals surface area contributed by atoms with E-state index in [0.717, 1.165) is 12.8 Å². The first kappa shape index (κ1) is 26.0. The molecule has 1 amide bonds. The number of rotatable bonds is 5. The third-order valence-corrected chi connectivity index (χ3v) is 7.98. The largest absolute Gasteiger partial charge is 0.409 e. The maximum atomic E-state index is 13.1. The van der Waals surface area contributed by atoms with Crippen LogP contribution < -0.4 is 11.5 Å². The molecule has 11 nitrogen and oxygen atoms in total. The van der Waals surface area contributed by atoms with E-state index in [-0.39, 0.29) is 46.8 Å². The molecule has 6 heterocycles. The van der Waals surface area contributed by atoms with Crippen LogP contribution in [0.3, 0.4) is 0 Å². The molecule has 0 saturated carbocycles. The normalized spacial score (nSPS) is 23.1. The molecule has 0 spiro atoms. The number of piperidine rings is 1. The molecule has 2 unspecified atom stereocenters. The molecular formula is C26H26F3N9O2. The lowest BCUT2D eigenvalue weighted by Crippen LogP contribution is -2.48. The van der Waals surface area contributed by atoms with Gasteiger partial charge >= 0.3 is 6.18 Å². The maximum Gasteiger partial charge on any atom is 0.409 e. The number of hydrogen-bond donors (Lipinski definition) is 2. The fraction of sp³-hybridized carbons (Fsp3) is 0.423. The fourth-order valence-corrected chi connectivity index (χ4v) is 6.10. The van der Waals surface area contributed by atoms with Gasteiger partial charge in [0.15, 0.2) is 11.4 Å². The predicted molar refractivity (Wildman–Crippen MR) is 140 cm³/mol. The third kappa shape index (κ3) is 4.22. The Kier molecular flexibility index (Phi) is 6.16. The van der Waals surface area contributed by atoms with E-state index in [1.165, 1.54) is 36.0 Å². The molecule has 0 radical (unpaired) electrons. The van der Waals surface area contributed by atoms with Gasteiger partial charge in [-0.3, -0.25) is 14.6 Å². The number of nitrogens with zero attached hydrogens (tertiary/aromatic N) is 7. The minimum Gasteiger partial charge on any atom is -0.383 e. The van der Waals surface area contributed by atoms with Crippen LogP contribution in [0.25, 0.3) is 16.8 Å². The van der Waals surface area contributed by atoms with Crippen molar-refractivity contribution in [3.05, 3.63) is 41.5 Å². The second-order valence-corrected chi connectivity index (χ2v) is 10.4. The van der Waals surface area contributed by atoms with Crippen molar-refractivity contribution >= 4 is 35.1 Å². The van der Waals surface area contributed by atoms with E-state index in [1.807, 2.05) is 4.90 Å². The Bertz CT molecular complexity index is 1560. The number of halogens is 3. The Morgan fingerprint density at radius 2 is 1.85 bits per heavy atom. The standard InChI is InChI=1S/C26H26F3N9O2/c1-12(39)20-21(14-8-15-3-4-16(9-14)37(15)25(40)19-6-7-33-36-19)35-24-17(11-34-38(24)23(20)31)13-2-5-18(32-10-13)22(30)26(27,28)29/h2,5,7,10-11,14-16,22H,3-4,6,8-9,30-31H2,1H3/t14?,15-,16+,22?. The number of aromatic nitrogens is 4. The van der Waals surface area contributed by atoms with E-state index < -0.39 is 12.2 Å². The Morgan fingerprint density at radius 1 is 1.12 bits per heavy atom. The van der Waals surface area contributed by atoms with Gasteiger partial charge in [-0.25, -0.2) is 4.98 Å². The van der Waals surface area contributed by atoms with Crippen LogP contribution in [-0.4, -0.2) is 66.4 Å². The van der Waals surface area contributed by atoms with E-state index in [0.29, 0.717) is 47.4 Å². The van der Waals surface area contributed by atoms with Crippen molar-refractivity contribution in [2.75, 3.05) is 5.73 Å². The molecule has 3 aliphatic rings. The molecule has 3 aromatic rings. The number of pyridine rings is 1. The number of Topliss-reactive ketones (excluding diaryl/α,β-unsaturated/α-hetero) is 1. The van der Waals surface area contributed by atoms with Gasteiger partial charge in [0.2, 0.25) is 0 Å². The average Bonchev–Trinajstić information content (AvgIpc) is 3.65. The van der Waals surface area contributed by atoms with Gasteiger partial charge in [0, 0.05) is 48.0 Å². The van der Waals surface area contributed by atoms with Crippen molar-refractivity contribution < 1.29 is 22.8 Å². The van der Waals surface area contributed by atoms with Crippen molar-refractivity contribution in [2.24, 2.45) is 15.9 Å². The lowest BCUT2D eigenvalue weighted by Gasteiger charge is -2.39. The molecule has 2 fully saturated rings. The molecule has 0 aromatic carbocycles. The molecule has 4 atom stereocenters. The summed E-state index contributed by atoms with van der Waals surface area (Å²) in [6, 6.07) is 0.428. The van der Waals surface area contributed by atoms with Crippen molar-refractivity contribution in [3.8, 4) is 11.1 Å². The lowest BCUT2D eigenvalue weighted by atomic mass is 9.85. The van der Waals surface area contributed by atoms with Crippen LogP contribution in [-0.2, 0) is 4.79 Å². The van der Waals surface area contributed by atoms with Gasteiger partial charge in [-0.1, -0.05) is 6.07 Å². The number of nitrogen functional groups attached to an aromatic ring is 1. The summed E-state index contributed by atoms with van der Waals surface area (Å²) in [7, 11) is 0. The van der Waals surface area contributed by atoms with E-state index in [9.17, 15) is 22.8 Å². The summed E-state index contributed by atoms with van der Waals surface area (Å²) in [6.07, 6.45) is 3.07. The number of ketones is 1. The molecule has 4 N–H and O–H groups in total. The Hall–Kier alpha value is -4.20. The van der Waals surface area contributed by atoms with Crippen LogP contribution in [0.15, 0.2) is 34.7 Å². The molecule has 208 valence electrons. The monoisotopic (exact) mass is 553 g/mol. The van der Waals surface area contributed by atoms with Gasteiger partial charge in [0.25, 0.3) is 5.91 Å². The summed E-state index contributed by atoms with van der Waals surface area (Å²) >= 11 is 0. The quantitative estimate of drug-likeness (QED) is 0.459. The number of amides is 1. The van der Waals surface area contributed by atoms with Gasteiger partial charge < -0.3 is 16.4 Å². The first-order valence-corrected chi connectivity index (χ1v) is 12.9. The minimum absolute atomic E-state index is 0.0300. The summed E-state index contributed by atoms with van der Waals surface area (Å²) in [4.78, 5) is 36.6. The Morgan fingerprint density at radius 3 is 2.42 bits per heavy atom. The van der Waals surface area contributed by atoms with Crippen LogP contribution in [0.1, 0.15) is 72.7 Å². The second-order valence-electron chi connectivity index (χ2n) is 10.4. The van der Waals surface area contributed by atoms with Crippen LogP contribution >= 0.6 is 0 Å². The predicted octanol–water partition coefficient (Wildman–Crippen LogP) is 3.21. The third-order valence-electron chi connectivity index (χ3n) is 7.98. The van der Waals surface area contributed by atoms with Crippen molar-refractivity contribution in [1.29, 1.82) is 0 Å². The highest BCUT2D eigenvalue weighted by molar-refractivity contribution is 6.42. The van der Waals surface area contributed by atoms with E-state index in [4.69, 9.17) is 16.5 Å². The van der Waals surface area contributed by atoms with Gasteiger partial charge in [0.1, 0.15) is 17.6 Å². The van der Waals surface area contributed by atoms with Crippen LogP contribution in [0.4, 0.5) is 19.0 Å². The van der Waals surface area contributed by atoms with Crippen LogP contribution in [0.2, 0.25) is 0 Å². The summed E-state index contributed by atoms with van der Waals surface area (Å²) in [5.74, 6) is -0.361. The molecule has 14 heteroatoms. The van der Waals surface area contributed by atoms with Crippen molar-refractivity contribution in [3.63, 3.8) is 0 Å². The Balaban J connectivity index is 1.36. The van der Waals surface area contributed by atoms with E-state index >= 15 is 0 Å². The number of hydrogen-bond acceptors (Lipinski definition) is 9. The zero-order chi connectivity index (χ0) is 28.3. The van der Waals surface area contributed by atoms with Crippen LogP contribution in [0.5, 0.6) is 0 Å². The number of anilines is 1. The zero-order valence-corrected chi connectivity index (χ0v) is 21.5. The molecule has 0 aliphatic carbocycles. The SMILES string of the molecule is CC(=O)c1c(C2C[C@H]3CC[C@@H](C2)N3C(=O)C2=NN=CC2)nc2c(-c3ccc(C(N)C(F)(F)F)nc3)cnn2c1N. The minimum atomic E-state index is -4.62. The molecular weight excluding hydrogens is 527 g/mol. The lowest BCUT2D eigenvalue weighted by molar-refractivity contribution is -0.150. The topological polar surface area (TPSA) is 157 Å². The zero-order valence-electron chi connectivity index (χ0n) is 21.5. The highest BCUT2D eigenvalue weighted by atomic mass is 19.4. The highest BCUT2D eigenvalue weighted by Crippen LogP contribution is 2.45. The number of carbonyl (C=O) groups is 2. The number of nitrogens with two attached hydrogens (primary N) is 2. The average molecular weight is 554 g/mol. The van der Waals surface area contributed by atoms with Gasteiger partial charge in [-0.05, 0) is 38.7 Å². The fourth-order valence-electron chi connectivity index (χ4n) is 6.10. The maximum absolute atomic E-state index is 13.1. The molecule has 40 heavy (non-hydrogen) atoms. The molecule has 2 saturated heterocycles. The highest BCUT2D eigenvalue weighted by Gasteiger charge is 2.46. The van der Waals surface area contributed by atoms with Crippen molar-refractivity contribution in [1.82, 2.24) is 24.5 Å². The Labute approximate surface area is 226 Å². The van der Waals surface area contributed by atoms with Gasteiger partial charge in [0.05, 0.1) is 23.1 Å². The summed E-state index contributed by atoms with van der Waals surface area (Å²) < 4.78 is 40.4. The number of carbonyl (C=O) groups excluding carboxylic acids is 2. The first-order valence-electron chi connectivity index (χ1n) is 12.9. The number of alkyl halides is 3.